The molecular formula is C16H18BrN3O3. The maximum Gasteiger partial charge on any atom is 0.323 e. The van der Waals surface area contributed by atoms with Gasteiger partial charge in [-0.1, -0.05) is 29.8 Å². The molecule has 0 radical (unpaired) electrons. The number of benzene rings is 1. The van der Waals surface area contributed by atoms with Crippen LogP contribution in [0.4, 0.5) is 0 Å². The van der Waals surface area contributed by atoms with Gasteiger partial charge in [-0.3, -0.25) is 9.59 Å². The lowest BCUT2D eigenvalue weighted by molar-refractivity contribution is -0.137. The highest BCUT2D eigenvalue weighted by atomic mass is 79.9. The minimum absolute atomic E-state index is 0.180. The lowest BCUT2D eigenvalue weighted by atomic mass is 10.2. The normalized spacial score (nSPS) is 10.8. The highest BCUT2D eigenvalue weighted by Crippen LogP contribution is 2.15. The molecule has 2 rings (SSSR count). The third-order valence-electron chi connectivity index (χ3n) is 3.12. The fourth-order valence-corrected chi connectivity index (χ4v) is 2.44. The van der Waals surface area contributed by atoms with E-state index in [2.05, 4.69) is 21.0 Å². The molecule has 0 aliphatic carbocycles. The number of aliphatic carboxylic acids is 1. The summed E-state index contributed by atoms with van der Waals surface area (Å²) in [6.07, 6.45) is 3.07. The van der Waals surface area contributed by atoms with Crippen molar-refractivity contribution in [3.05, 3.63) is 46.7 Å². The smallest absolute Gasteiger partial charge is 0.323 e. The Balaban J connectivity index is 2.21. The lowest BCUT2D eigenvalue weighted by Crippen LogP contribution is -2.38. The Morgan fingerprint density at radius 2 is 1.96 bits per heavy atom. The van der Waals surface area contributed by atoms with E-state index in [0.29, 0.717) is 12.1 Å². The first-order valence-electron chi connectivity index (χ1n) is 7.18. The van der Waals surface area contributed by atoms with Gasteiger partial charge in [-0.25, -0.2) is 4.68 Å². The van der Waals surface area contributed by atoms with Crippen LogP contribution in [0.25, 0.3) is 5.69 Å². The molecule has 0 saturated carbocycles. The predicted octanol–water partition coefficient (Wildman–Crippen LogP) is 2.82. The quantitative estimate of drug-likeness (QED) is 0.836. The second kappa shape index (κ2) is 7.41. The highest BCUT2D eigenvalue weighted by Gasteiger charge is 2.21. The van der Waals surface area contributed by atoms with E-state index in [9.17, 15) is 9.59 Å². The zero-order chi connectivity index (χ0) is 17.0. The summed E-state index contributed by atoms with van der Waals surface area (Å²) in [4.78, 5) is 24.8. The molecule has 7 heteroatoms. The Morgan fingerprint density at radius 3 is 2.52 bits per heavy atom. The van der Waals surface area contributed by atoms with Gasteiger partial charge in [-0.15, -0.1) is 0 Å². The number of halogens is 1. The fraction of sp³-hybridized carbons (Fsp3) is 0.312. The first-order chi connectivity index (χ1) is 10.9. The van der Waals surface area contributed by atoms with Gasteiger partial charge in [-0.2, -0.15) is 5.10 Å². The van der Waals surface area contributed by atoms with Crippen LogP contribution in [0.2, 0.25) is 0 Å². The summed E-state index contributed by atoms with van der Waals surface area (Å²) in [5, 5.41) is 13.2. The fourth-order valence-electron chi connectivity index (χ4n) is 2.17. The van der Waals surface area contributed by atoms with Crippen molar-refractivity contribution < 1.29 is 14.7 Å². The topological polar surface area (TPSA) is 75.4 Å². The minimum Gasteiger partial charge on any atom is -0.480 e. The summed E-state index contributed by atoms with van der Waals surface area (Å²) in [6.45, 7) is 3.94. The van der Waals surface area contributed by atoms with Gasteiger partial charge in [0.25, 0.3) is 5.91 Å². The number of amides is 1. The van der Waals surface area contributed by atoms with Crippen LogP contribution in [0.15, 0.2) is 41.1 Å². The summed E-state index contributed by atoms with van der Waals surface area (Å²) in [6, 6.07) is 7.50. The van der Waals surface area contributed by atoms with Crippen LogP contribution >= 0.6 is 15.9 Å². The largest absolute Gasteiger partial charge is 0.480 e. The molecule has 0 spiro atoms. The van der Waals surface area contributed by atoms with Gasteiger partial charge in [0.15, 0.2) is 0 Å². The number of rotatable bonds is 6. The van der Waals surface area contributed by atoms with E-state index < -0.39 is 5.97 Å². The second-order valence-electron chi connectivity index (χ2n) is 5.62. The van der Waals surface area contributed by atoms with Gasteiger partial charge in [-0.05, 0) is 30.2 Å². The van der Waals surface area contributed by atoms with E-state index >= 15 is 0 Å². The molecule has 1 heterocycles. The van der Waals surface area contributed by atoms with Crippen molar-refractivity contribution in [2.24, 2.45) is 5.92 Å². The number of carboxylic acid groups (broad SMARTS) is 1. The van der Waals surface area contributed by atoms with Crippen molar-refractivity contribution in [3.8, 4) is 5.69 Å². The van der Waals surface area contributed by atoms with E-state index in [1.807, 2.05) is 38.1 Å². The van der Waals surface area contributed by atoms with Gasteiger partial charge in [0, 0.05) is 17.2 Å². The maximum atomic E-state index is 12.5. The van der Waals surface area contributed by atoms with Gasteiger partial charge in [0.2, 0.25) is 0 Å². The minimum atomic E-state index is -1.03. The molecular weight excluding hydrogens is 362 g/mol. The third kappa shape index (κ3) is 4.66. The average Bonchev–Trinajstić information content (AvgIpc) is 2.95. The standard InChI is InChI=1S/C16H18BrN3O3/c1-11(2)8-19(10-15(21)22)16(23)12-7-18-20(9-12)14-5-3-13(17)4-6-14/h3-7,9,11H,8,10H2,1-2H3,(H,21,22). The number of carboxylic acids is 1. The molecule has 1 amide bonds. The van der Waals surface area contributed by atoms with E-state index in [1.54, 1.807) is 10.9 Å². The zero-order valence-electron chi connectivity index (χ0n) is 12.9. The van der Waals surface area contributed by atoms with Gasteiger partial charge in [0.05, 0.1) is 17.4 Å². The molecule has 23 heavy (non-hydrogen) atoms. The summed E-state index contributed by atoms with van der Waals surface area (Å²) < 4.78 is 2.54. The van der Waals surface area contributed by atoms with Crippen LogP contribution in [0.5, 0.6) is 0 Å². The third-order valence-corrected chi connectivity index (χ3v) is 3.65. The van der Waals surface area contributed by atoms with Crippen LogP contribution < -0.4 is 0 Å². The molecule has 1 aromatic heterocycles. The number of hydrogen-bond acceptors (Lipinski definition) is 3. The van der Waals surface area contributed by atoms with Gasteiger partial charge in [0.1, 0.15) is 6.54 Å². The Morgan fingerprint density at radius 1 is 1.30 bits per heavy atom. The van der Waals surface area contributed by atoms with Crippen LogP contribution in [-0.2, 0) is 4.79 Å². The predicted molar refractivity (Wildman–Crippen MR) is 89.6 cm³/mol. The highest BCUT2D eigenvalue weighted by molar-refractivity contribution is 9.10. The number of aromatic nitrogens is 2. The Hall–Kier alpha value is -2.15. The molecule has 122 valence electrons. The maximum absolute atomic E-state index is 12.5. The Kier molecular flexibility index (Phi) is 5.54. The lowest BCUT2D eigenvalue weighted by Gasteiger charge is -2.21. The Bertz CT molecular complexity index is 695. The van der Waals surface area contributed by atoms with Crippen molar-refractivity contribution in [3.63, 3.8) is 0 Å². The molecule has 6 nitrogen and oxygen atoms in total. The Labute approximate surface area is 142 Å². The monoisotopic (exact) mass is 379 g/mol. The van der Waals surface area contributed by atoms with Crippen molar-refractivity contribution in [1.82, 2.24) is 14.7 Å². The van der Waals surface area contributed by atoms with Gasteiger partial charge < -0.3 is 10.0 Å². The molecule has 0 aliphatic heterocycles. The summed E-state index contributed by atoms with van der Waals surface area (Å²) in [7, 11) is 0. The zero-order valence-corrected chi connectivity index (χ0v) is 14.5. The van der Waals surface area contributed by atoms with Crippen molar-refractivity contribution in [2.75, 3.05) is 13.1 Å². The van der Waals surface area contributed by atoms with Crippen molar-refractivity contribution >= 4 is 27.8 Å². The van der Waals surface area contributed by atoms with Crippen LogP contribution in [0, 0.1) is 5.92 Å². The second-order valence-corrected chi connectivity index (χ2v) is 6.54. The van der Waals surface area contributed by atoms with Crippen LogP contribution in [-0.4, -0.2) is 44.8 Å². The molecule has 0 aliphatic rings. The molecule has 0 fully saturated rings. The molecule has 1 N–H and O–H groups in total. The first kappa shape index (κ1) is 17.2. The summed E-state index contributed by atoms with van der Waals surface area (Å²) in [5.74, 6) is -1.18. The molecule has 0 unspecified atom stereocenters. The summed E-state index contributed by atoms with van der Waals surface area (Å²) >= 11 is 3.37. The van der Waals surface area contributed by atoms with Crippen molar-refractivity contribution in [1.29, 1.82) is 0 Å². The number of carbonyl (C=O) groups is 2. The number of nitrogens with zero attached hydrogens (tertiary/aromatic N) is 3. The molecule has 2 aromatic rings. The number of hydrogen-bond donors (Lipinski definition) is 1. The number of carbonyl (C=O) groups excluding carboxylic acids is 1. The SMILES string of the molecule is CC(C)CN(CC(=O)O)C(=O)c1cnn(-c2ccc(Br)cc2)c1. The van der Waals surface area contributed by atoms with E-state index in [1.165, 1.54) is 11.1 Å². The van der Waals surface area contributed by atoms with E-state index in [4.69, 9.17) is 5.11 Å². The van der Waals surface area contributed by atoms with Crippen LogP contribution in [0.1, 0.15) is 24.2 Å². The average molecular weight is 380 g/mol. The van der Waals surface area contributed by atoms with Crippen molar-refractivity contribution in [2.45, 2.75) is 13.8 Å². The summed E-state index contributed by atoms with van der Waals surface area (Å²) in [5.41, 5.74) is 1.19. The first-order valence-corrected chi connectivity index (χ1v) is 7.98. The van der Waals surface area contributed by atoms with Gasteiger partial charge >= 0.3 is 5.97 Å². The molecule has 1 aromatic carbocycles. The molecule has 0 atom stereocenters. The van der Waals surface area contributed by atoms with E-state index in [-0.39, 0.29) is 18.4 Å². The van der Waals surface area contributed by atoms with Crippen LogP contribution in [0.3, 0.4) is 0 Å². The molecule has 0 saturated heterocycles. The van der Waals surface area contributed by atoms with E-state index in [0.717, 1.165) is 10.2 Å². The molecule has 0 bridgehead atoms.